The Kier molecular flexibility index (Phi) is 6.21. The van der Waals surface area contributed by atoms with Crippen LogP contribution in [-0.2, 0) is 0 Å². The standard InChI is InChI=1S/C16H35N/c1-10-14(15(5,6)11-2)16(7,8)17(9)12-13(3)4/h13-14H,10-12H2,1-9H3. The Morgan fingerprint density at radius 2 is 1.47 bits per heavy atom. The molecule has 17 heavy (non-hydrogen) atoms. The SMILES string of the molecule is CCC(C(C)(C)CC)C(C)(C)N(C)CC(C)C. The Morgan fingerprint density at radius 3 is 1.76 bits per heavy atom. The third kappa shape index (κ3) is 4.28. The third-order valence-corrected chi connectivity index (χ3v) is 4.74. The van der Waals surface area contributed by atoms with Gasteiger partial charge in [0.05, 0.1) is 0 Å². The van der Waals surface area contributed by atoms with Crippen LogP contribution >= 0.6 is 0 Å². The lowest BCUT2D eigenvalue weighted by molar-refractivity contribution is 0.00707. The highest BCUT2D eigenvalue weighted by atomic mass is 15.2. The third-order valence-electron chi connectivity index (χ3n) is 4.74. The monoisotopic (exact) mass is 241 g/mol. The molecule has 1 unspecified atom stereocenters. The maximum absolute atomic E-state index is 2.56. The van der Waals surface area contributed by atoms with Gasteiger partial charge in [-0.1, -0.05) is 54.4 Å². The molecule has 0 aliphatic carbocycles. The van der Waals surface area contributed by atoms with E-state index in [2.05, 4.69) is 67.3 Å². The molecule has 0 saturated carbocycles. The van der Waals surface area contributed by atoms with Crippen molar-refractivity contribution in [3.8, 4) is 0 Å². The van der Waals surface area contributed by atoms with E-state index in [1.54, 1.807) is 0 Å². The minimum atomic E-state index is 0.276. The Labute approximate surface area is 110 Å². The summed E-state index contributed by atoms with van der Waals surface area (Å²) >= 11 is 0. The molecule has 0 aromatic carbocycles. The summed E-state index contributed by atoms with van der Waals surface area (Å²) in [5, 5.41) is 0. The predicted molar refractivity (Wildman–Crippen MR) is 79.4 cm³/mol. The number of nitrogens with zero attached hydrogens (tertiary/aromatic N) is 1. The molecule has 0 fully saturated rings. The summed E-state index contributed by atoms with van der Waals surface area (Å²) in [4.78, 5) is 2.56. The van der Waals surface area contributed by atoms with Crippen molar-refractivity contribution in [2.75, 3.05) is 13.6 Å². The predicted octanol–water partition coefficient (Wildman–Crippen LogP) is 4.82. The molecule has 0 N–H and O–H groups in total. The van der Waals surface area contributed by atoms with E-state index >= 15 is 0 Å². The molecule has 0 aliphatic rings. The lowest BCUT2D eigenvalue weighted by Gasteiger charge is -2.49. The summed E-state index contributed by atoms with van der Waals surface area (Å²) in [6.07, 6.45) is 2.51. The minimum Gasteiger partial charge on any atom is -0.301 e. The molecule has 0 radical (unpaired) electrons. The van der Waals surface area contributed by atoms with Gasteiger partial charge in [-0.15, -0.1) is 0 Å². The minimum absolute atomic E-state index is 0.276. The summed E-state index contributed by atoms with van der Waals surface area (Å²) in [5.74, 6) is 1.48. The van der Waals surface area contributed by atoms with Crippen molar-refractivity contribution in [3.05, 3.63) is 0 Å². The van der Waals surface area contributed by atoms with Crippen molar-refractivity contribution in [1.82, 2.24) is 4.90 Å². The highest BCUT2D eigenvalue weighted by Crippen LogP contribution is 2.42. The average molecular weight is 241 g/mol. The van der Waals surface area contributed by atoms with Gasteiger partial charge in [-0.25, -0.2) is 0 Å². The summed E-state index contributed by atoms with van der Waals surface area (Å²) in [6.45, 7) is 20.1. The van der Waals surface area contributed by atoms with E-state index in [9.17, 15) is 0 Å². The van der Waals surface area contributed by atoms with Gasteiger partial charge in [-0.2, -0.15) is 0 Å². The van der Waals surface area contributed by atoms with Crippen LogP contribution in [-0.4, -0.2) is 24.0 Å². The number of rotatable bonds is 7. The zero-order valence-electron chi connectivity index (χ0n) is 13.7. The first-order valence-corrected chi connectivity index (χ1v) is 7.30. The van der Waals surface area contributed by atoms with Gasteiger partial charge in [0.15, 0.2) is 0 Å². The van der Waals surface area contributed by atoms with Crippen LogP contribution in [0.3, 0.4) is 0 Å². The zero-order valence-corrected chi connectivity index (χ0v) is 13.7. The fourth-order valence-corrected chi connectivity index (χ4v) is 3.30. The van der Waals surface area contributed by atoms with Gasteiger partial charge in [0.25, 0.3) is 0 Å². The second-order valence-electron chi connectivity index (χ2n) is 7.23. The van der Waals surface area contributed by atoms with E-state index in [0.29, 0.717) is 5.41 Å². The molecular weight excluding hydrogens is 206 g/mol. The van der Waals surface area contributed by atoms with Gasteiger partial charge < -0.3 is 4.90 Å². The van der Waals surface area contributed by atoms with E-state index in [-0.39, 0.29) is 5.54 Å². The molecule has 0 rings (SSSR count). The van der Waals surface area contributed by atoms with Crippen LogP contribution in [0.2, 0.25) is 0 Å². The highest BCUT2D eigenvalue weighted by Gasteiger charge is 2.40. The van der Waals surface area contributed by atoms with Crippen LogP contribution in [0.4, 0.5) is 0 Å². The summed E-state index contributed by atoms with van der Waals surface area (Å²) in [6, 6.07) is 0. The molecule has 0 aliphatic heterocycles. The second-order valence-corrected chi connectivity index (χ2v) is 7.23. The van der Waals surface area contributed by atoms with Crippen molar-refractivity contribution >= 4 is 0 Å². The molecule has 104 valence electrons. The molecule has 1 atom stereocenters. The van der Waals surface area contributed by atoms with E-state index in [1.165, 1.54) is 19.4 Å². The van der Waals surface area contributed by atoms with Crippen LogP contribution in [0.15, 0.2) is 0 Å². The lowest BCUT2D eigenvalue weighted by Crippen LogP contribution is -2.52. The molecule has 0 aromatic rings. The van der Waals surface area contributed by atoms with Crippen LogP contribution in [0, 0.1) is 17.3 Å². The van der Waals surface area contributed by atoms with Crippen LogP contribution in [0.5, 0.6) is 0 Å². The van der Waals surface area contributed by atoms with Gasteiger partial charge in [0.1, 0.15) is 0 Å². The Balaban J connectivity index is 4.97. The van der Waals surface area contributed by atoms with Crippen LogP contribution in [0.1, 0.15) is 68.2 Å². The molecule has 1 heteroatoms. The first kappa shape index (κ1) is 17.0. The lowest BCUT2D eigenvalue weighted by atomic mass is 9.66. The summed E-state index contributed by atoms with van der Waals surface area (Å²) in [5.41, 5.74) is 0.696. The Bertz CT molecular complexity index is 216. The van der Waals surface area contributed by atoms with Gasteiger partial charge in [0, 0.05) is 12.1 Å². The normalized spacial score (nSPS) is 15.7. The molecular formula is C16H35N. The molecule has 0 bridgehead atoms. The van der Waals surface area contributed by atoms with Crippen molar-refractivity contribution < 1.29 is 0 Å². The fourth-order valence-electron chi connectivity index (χ4n) is 3.30. The zero-order chi connectivity index (χ0) is 13.9. The first-order valence-electron chi connectivity index (χ1n) is 7.30. The number of hydrogen-bond donors (Lipinski definition) is 0. The molecule has 0 spiro atoms. The second kappa shape index (κ2) is 6.22. The Hall–Kier alpha value is -0.0400. The van der Waals surface area contributed by atoms with Crippen molar-refractivity contribution in [2.24, 2.45) is 17.3 Å². The largest absolute Gasteiger partial charge is 0.301 e. The van der Waals surface area contributed by atoms with Crippen molar-refractivity contribution in [3.63, 3.8) is 0 Å². The summed E-state index contributed by atoms with van der Waals surface area (Å²) < 4.78 is 0. The van der Waals surface area contributed by atoms with Crippen molar-refractivity contribution in [1.29, 1.82) is 0 Å². The number of hydrogen-bond acceptors (Lipinski definition) is 1. The first-order chi connectivity index (χ1) is 7.59. The van der Waals surface area contributed by atoms with Crippen LogP contribution < -0.4 is 0 Å². The van der Waals surface area contributed by atoms with Gasteiger partial charge in [-0.3, -0.25) is 0 Å². The topological polar surface area (TPSA) is 3.24 Å². The highest BCUT2D eigenvalue weighted by molar-refractivity contribution is 4.94. The average Bonchev–Trinajstić information content (AvgIpc) is 2.16. The van der Waals surface area contributed by atoms with Crippen LogP contribution in [0.25, 0.3) is 0 Å². The molecule has 0 saturated heterocycles. The summed E-state index contributed by atoms with van der Waals surface area (Å²) in [7, 11) is 2.29. The molecule has 0 heterocycles. The maximum atomic E-state index is 2.56. The molecule has 0 aromatic heterocycles. The van der Waals surface area contributed by atoms with Gasteiger partial charge in [0.2, 0.25) is 0 Å². The smallest absolute Gasteiger partial charge is 0.0183 e. The fraction of sp³-hybridized carbons (Fsp3) is 1.00. The van der Waals surface area contributed by atoms with E-state index in [0.717, 1.165) is 11.8 Å². The van der Waals surface area contributed by atoms with Gasteiger partial charge in [-0.05, 0) is 38.1 Å². The van der Waals surface area contributed by atoms with E-state index < -0.39 is 0 Å². The van der Waals surface area contributed by atoms with Gasteiger partial charge >= 0.3 is 0 Å². The molecule has 1 nitrogen and oxygen atoms in total. The van der Waals surface area contributed by atoms with E-state index in [4.69, 9.17) is 0 Å². The van der Waals surface area contributed by atoms with Crippen molar-refractivity contribution in [2.45, 2.75) is 73.8 Å². The molecule has 0 amide bonds. The van der Waals surface area contributed by atoms with E-state index in [1.807, 2.05) is 0 Å². The Morgan fingerprint density at radius 1 is 1.00 bits per heavy atom. The quantitative estimate of drug-likeness (QED) is 0.618. The maximum Gasteiger partial charge on any atom is 0.0183 e.